The normalized spacial score (nSPS) is 14.1. The number of imidazole rings is 1. The van der Waals surface area contributed by atoms with Crippen LogP contribution in [0.4, 0.5) is 0 Å². The second kappa shape index (κ2) is 4.76. The Morgan fingerprint density at radius 2 is 2.27 bits per heavy atom. The quantitative estimate of drug-likeness (QED) is 0.771. The summed E-state index contributed by atoms with van der Waals surface area (Å²) in [6.45, 7) is 2.49. The van der Waals surface area contributed by atoms with Crippen LogP contribution in [0.5, 0.6) is 0 Å². The van der Waals surface area contributed by atoms with Gasteiger partial charge in [-0.05, 0) is 6.92 Å². The van der Waals surface area contributed by atoms with E-state index in [-0.39, 0.29) is 11.8 Å². The molecule has 0 saturated carbocycles. The summed E-state index contributed by atoms with van der Waals surface area (Å²) in [7, 11) is -1.00. The second-order valence-corrected chi connectivity index (χ2v) is 6.06. The topological polar surface area (TPSA) is 64.0 Å². The van der Waals surface area contributed by atoms with E-state index in [1.165, 1.54) is 6.26 Å². The van der Waals surface area contributed by atoms with Gasteiger partial charge in [-0.25, -0.2) is 13.4 Å². The maximum atomic E-state index is 11.0. The van der Waals surface area contributed by atoms with Crippen molar-refractivity contribution in [2.75, 3.05) is 12.0 Å². The summed E-state index contributed by atoms with van der Waals surface area (Å²) >= 11 is 0. The van der Waals surface area contributed by atoms with Gasteiger partial charge in [-0.2, -0.15) is 0 Å². The third-order valence-electron chi connectivity index (χ3n) is 2.10. The van der Waals surface area contributed by atoms with E-state index in [4.69, 9.17) is 0 Å². The fraction of sp³-hybridized carbons (Fsp3) is 0.667. The summed E-state index contributed by atoms with van der Waals surface area (Å²) < 4.78 is 23.9. The first kappa shape index (κ1) is 12.2. The Morgan fingerprint density at radius 1 is 1.60 bits per heavy atom. The molecular formula is C9H17N3O2S. The van der Waals surface area contributed by atoms with E-state index in [1.54, 1.807) is 12.5 Å². The maximum Gasteiger partial charge on any atom is 0.148 e. The highest BCUT2D eigenvalue weighted by atomic mass is 32.2. The monoisotopic (exact) mass is 231 g/mol. The van der Waals surface area contributed by atoms with E-state index in [1.807, 2.05) is 18.5 Å². The summed E-state index contributed by atoms with van der Waals surface area (Å²) in [5, 5.41) is 3.14. The van der Waals surface area contributed by atoms with E-state index in [9.17, 15) is 8.42 Å². The van der Waals surface area contributed by atoms with Gasteiger partial charge >= 0.3 is 0 Å². The third-order valence-corrected chi connectivity index (χ3v) is 3.21. The summed E-state index contributed by atoms with van der Waals surface area (Å²) in [6.07, 6.45) is 4.73. The van der Waals surface area contributed by atoms with Crippen LogP contribution in [0, 0.1) is 0 Å². The van der Waals surface area contributed by atoms with E-state index in [0.29, 0.717) is 6.54 Å². The molecule has 0 aliphatic rings. The molecule has 0 aliphatic carbocycles. The Hall–Kier alpha value is -0.880. The molecule has 1 N–H and O–H groups in total. The molecule has 0 spiro atoms. The van der Waals surface area contributed by atoms with Crippen LogP contribution in [0.2, 0.25) is 0 Å². The number of rotatable bonds is 5. The molecule has 6 heteroatoms. The number of sulfone groups is 1. The molecule has 0 fully saturated rings. The molecular weight excluding hydrogens is 214 g/mol. The average Bonchev–Trinajstić information content (AvgIpc) is 2.44. The fourth-order valence-corrected chi connectivity index (χ4v) is 2.37. The smallest absolute Gasteiger partial charge is 0.148 e. The van der Waals surface area contributed by atoms with Crippen LogP contribution in [0.1, 0.15) is 12.6 Å². The Bertz CT molecular complexity index is 411. The predicted molar refractivity (Wildman–Crippen MR) is 59.2 cm³/mol. The predicted octanol–water partition coefficient (Wildman–Crippen LogP) is -0.0572. The van der Waals surface area contributed by atoms with Gasteiger partial charge in [0.2, 0.25) is 0 Å². The zero-order valence-electron chi connectivity index (χ0n) is 9.27. The highest BCUT2D eigenvalue weighted by Gasteiger charge is 2.10. The van der Waals surface area contributed by atoms with Gasteiger partial charge in [0.05, 0.1) is 17.8 Å². The number of aromatic nitrogens is 2. The molecule has 1 atom stereocenters. The minimum atomic E-state index is -2.91. The van der Waals surface area contributed by atoms with Crippen LogP contribution in [0.15, 0.2) is 12.5 Å². The van der Waals surface area contributed by atoms with Crippen LogP contribution in [0.25, 0.3) is 0 Å². The molecule has 1 rings (SSSR count). The second-order valence-electron chi connectivity index (χ2n) is 3.87. The van der Waals surface area contributed by atoms with Gasteiger partial charge in [0.15, 0.2) is 0 Å². The average molecular weight is 231 g/mol. The Kier molecular flexibility index (Phi) is 3.87. The van der Waals surface area contributed by atoms with E-state index < -0.39 is 9.84 Å². The van der Waals surface area contributed by atoms with Gasteiger partial charge in [0, 0.05) is 32.1 Å². The number of hydrogen-bond acceptors (Lipinski definition) is 4. The van der Waals surface area contributed by atoms with Gasteiger partial charge in [-0.15, -0.1) is 0 Å². The van der Waals surface area contributed by atoms with E-state index >= 15 is 0 Å². The minimum absolute atomic E-state index is 0.0464. The largest absolute Gasteiger partial charge is 0.337 e. The fourth-order valence-electron chi connectivity index (χ4n) is 1.35. The first-order chi connectivity index (χ1) is 6.88. The Balaban J connectivity index is 2.41. The van der Waals surface area contributed by atoms with Gasteiger partial charge in [-0.3, -0.25) is 0 Å². The minimum Gasteiger partial charge on any atom is -0.337 e. The van der Waals surface area contributed by atoms with E-state index in [2.05, 4.69) is 10.3 Å². The van der Waals surface area contributed by atoms with Crippen molar-refractivity contribution in [2.24, 2.45) is 7.05 Å². The van der Waals surface area contributed by atoms with Crippen molar-refractivity contribution in [2.45, 2.75) is 19.5 Å². The van der Waals surface area contributed by atoms with Crippen LogP contribution in [-0.2, 0) is 23.4 Å². The molecule has 0 saturated heterocycles. The molecule has 1 heterocycles. The molecule has 5 nitrogen and oxygen atoms in total. The van der Waals surface area contributed by atoms with Gasteiger partial charge in [-0.1, -0.05) is 0 Å². The first-order valence-corrected chi connectivity index (χ1v) is 6.81. The molecule has 1 aromatic heterocycles. The lowest BCUT2D eigenvalue weighted by Gasteiger charge is -2.12. The SMILES string of the molecule is CC(CS(C)(=O)=O)NCc1cncn1C. The molecule has 0 bridgehead atoms. The highest BCUT2D eigenvalue weighted by Crippen LogP contribution is 1.97. The highest BCUT2D eigenvalue weighted by molar-refractivity contribution is 7.90. The van der Waals surface area contributed by atoms with Gasteiger partial charge in [0.25, 0.3) is 0 Å². The van der Waals surface area contributed by atoms with Crippen molar-refractivity contribution in [3.8, 4) is 0 Å². The molecule has 15 heavy (non-hydrogen) atoms. The number of hydrogen-bond donors (Lipinski definition) is 1. The maximum absolute atomic E-state index is 11.0. The van der Waals surface area contributed by atoms with Crippen molar-refractivity contribution in [3.05, 3.63) is 18.2 Å². The summed E-state index contributed by atoms with van der Waals surface area (Å²) in [5.41, 5.74) is 1.04. The Morgan fingerprint density at radius 3 is 2.73 bits per heavy atom. The standard InChI is InChI=1S/C9H17N3O2S/c1-8(6-15(3,13)14)11-5-9-4-10-7-12(9)2/h4,7-8,11H,5-6H2,1-3H3. The number of nitrogens with zero attached hydrogens (tertiary/aromatic N) is 2. The zero-order chi connectivity index (χ0) is 11.5. The zero-order valence-corrected chi connectivity index (χ0v) is 10.1. The molecule has 0 aliphatic heterocycles. The lowest BCUT2D eigenvalue weighted by Crippen LogP contribution is -2.32. The molecule has 1 unspecified atom stereocenters. The van der Waals surface area contributed by atoms with Crippen molar-refractivity contribution in [3.63, 3.8) is 0 Å². The van der Waals surface area contributed by atoms with Crippen LogP contribution in [-0.4, -0.2) is 36.0 Å². The van der Waals surface area contributed by atoms with E-state index in [0.717, 1.165) is 5.69 Å². The van der Waals surface area contributed by atoms with Crippen LogP contribution >= 0.6 is 0 Å². The first-order valence-electron chi connectivity index (χ1n) is 4.75. The molecule has 0 radical (unpaired) electrons. The Labute approximate surface area is 90.4 Å². The van der Waals surface area contributed by atoms with Crippen LogP contribution in [0.3, 0.4) is 0 Å². The van der Waals surface area contributed by atoms with Crippen molar-refractivity contribution < 1.29 is 8.42 Å². The lowest BCUT2D eigenvalue weighted by atomic mass is 10.3. The van der Waals surface area contributed by atoms with Gasteiger partial charge in [0.1, 0.15) is 9.84 Å². The van der Waals surface area contributed by atoms with Crippen molar-refractivity contribution in [1.29, 1.82) is 0 Å². The van der Waals surface area contributed by atoms with Crippen molar-refractivity contribution >= 4 is 9.84 Å². The summed E-state index contributed by atoms with van der Waals surface area (Å²) in [6, 6.07) is -0.0464. The third kappa shape index (κ3) is 4.44. The van der Waals surface area contributed by atoms with Crippen molar-refractivity contribution in [1.82, 2.24) is 14.9 Å². The lowest BCUT2D eigenvalue weighted by molar-refractivity contribution is 0.551. The molecule has 1 aromatic rings. The molecule has 0 aromatic carbocycles. The molecule has 0 amide bonds. The summed E-state index contributed by atoms with van der Waals surface area (Å²) in [4.78, 5) is 3.98. The van der Waals surface area contributed by atoms with Crippen LogP contribution < -0.4 is 5.32 Å². The van der Waals surface area contributed by atoms with Gasteiger partial charge < -0.3 is 9.88 Å². The molecule has 86 valence electrons. The summed E-state index contributed by atoms with van der Waals surface area (Å²) in [5.74, 6) is 0.158. The number of nitrogens with one attached hydrogen (secondary N) is 1. The number of aryl methyl sites for hydroxylation is 1.